The van der Waals surface area contributed by atoms with Gasteiger partial charge in [-0.05, 0) is 89.2 Å². The molecule has 0 aliphatic carbocycles. The van der Waals surface area contributed by atoms with Crippen molar-refractivity contribution in [2.75, 3.05) is 9.80 Å². The molecule has 260 valence electrons. The van der Waals surface area contributed by atoms with Gasteiger partial charge in [0, 0.05) is 27.8 Å². The summed E-state index contributed by atoms with van der Waals surface area (Å²) in [5.74, 6) is 0. The molecule has 0 saturated heterocycles. The van der Waals surface area contributed by atoms with E-state index in [4.69, 9.17) is 4.98 Å². The van der Waals surface area contributed by atoms with Crippen molar-refractivity contribution in [2.45, 2.75) is 0 Å². The Morgan fingerprint density at radius 2 is 1.00 bits per heavy atom. The van der Waals surface area contributed by atoms with Crippen LogP contribution < -0.4 is 26.2 Å². The van der Waals surface area contributed by atoms with Crippen molar-refractivity contribution in [2.24, 2.45) is 0 Å². The van der Waals surface area contributed by atoms with Gasteiger partial charge in [0.15, 0.2) is 0 Å². The molecule has 56 heavy (non-hydrogen) atoms. The van der Waals surface area contributed by atoms with Crippen molar-refractivity contribution >= 4 is 89.9 Å². The summed E-state index contributed by atoms with van der Waals surface area (Å²) in [6.45, 7) is 0.0889. The van der Waals surface area contributed by atoms with Gasteiger partial charge in [-0.2, -0.15) is 0 Å². The van der Waals surface area contributed by atoms with Crippen LogP contribution in [0.4, 0.5) is 34.1 Å². The lowest BCUT2D eigenvalue weighted by Gasteiger charge is -2.40. The highest BCUT2D eigenvalue weighted by atomic mass is 15.3. The van der Waals surface area contributed by atoms with Gasteiger partial charge in [-0.3, -0.25) is 0 Å². The van der Waals surface area contributed by atoms with Crippen LogP contribution >= 0.6 is 0 Å². The molecule has 0 atom stereocenters. The average Bonchev–Trinajstić information content (AvgIpc) is 3.76. The van der Waals surface area contributed by atoms with E-state index in [-0.39, 0.29) is 6.71 Å². The molecule has 0 saturated carbocycles. The van der Waals surface area contributed by atoms with Crippen LogP contribution in [-0.4, -0.2) is 16.3 Å². The van der Waals surface area contributed by atoms with Gasteiger partial charge in [0.25, 0.3) is 0 Å². The molecule has 0 radical (unpaired) electrons. The third-order valence-electron chi connectivity index (χ3n) is 11.7. The minimum atomic E-state index is 0.0889. The second-order valence-corrected chi connectivity index (χ2v) is 14.8. The van der Waals surface area contributed by atoms with Gasteiger partial charge in [-0.1, -0.05) is 138 Å². The maximum absolute atomic E-state index is 5.23. The number of rotatable bonds is 4. The smallest absolute Gasteiger partial charge is 0.244 e. The van der Waals surface area contributed by atoms with Crippen LogP contribution in [0, 0.1) is 0 Å². The lowest BCUT2D eigenvalue weighted by Crippen LogP contribution is -2.48. The summed E-state index contributed by atoms with van der Waals surface area (Å²) in [7, 11) is 0. The van der Waals surface area contributed by atoms with E-state index in [2.05, 4.69) is 215 Å². The van der Waals surface area contributed by atoms with Crippen molar-refractivity contribution in [1.29, 1.82) is 0 Å². The number of anilines is 6. The van der Waals surface area contributed by atoms with E-state index in [0.29, 0.717) is 0 Å². The topological polar surface area (TPSA) is 24.3 Å². The minimum absolute atomic E-state index is 0.0889. The summed E-state index contributed by atoms with van der Waals surface area (Å²) in [6, 6.07) is 72.6. The molecule has 0 amide bonds. The van der Waals surface area contributed by atoms with Crippen LogP contribution in [0.1, 0.15) is 0 Å². The first-order valence-corrected chi connectivity index (χ1v) is 19.3. The molecule has 0 fully saturated rings. The van der Waals surface area contributed by atoms with E-state index >= 15 is 0 Å². The molecule has 0 bridgehead atoms. The first-order chi connectivity index (χ1) is 27.8. The fraction of sp³-hybridized carbons (Fsp3) is 0. The van der Waals surface area contributed by atoms with Crippen LogP contribution in [0.15, 0.2) is 200 Å². The van der Waals surface area contributed by atoms with Gasteiger partial charge < -0.3 is 14.4 Å². The van der Waals surface area contributed by atoms with Crippen molar-refractivity contribution in [3.8, 4) is 16.9 Å². The number of hydrogen-bond donors (Lipinski definition) is 0. The minimum Gasteiger partial charge on any atom is -0.309 e. The number of nitrogens with zero attached hydrogens (tertiary/aromatic N) is 4. The molecular weight excluding hydrogens is 679 g/mol. The normalized spacial score (nSPS) is 12.9. The maximum atomic E-state index is 5.23. The molecule has 4 nitrogen and oxygen atoms in total. The fourth-order valence-electron chi connectivity index (χ4n) is 9.34. The van der Waals surface area contributed by atoms with Gasteiger partial charge in [-0.15, -0.1) is 0 Å². The molecule has 10 aromatic rings. The molecule has 0 N–H and O–H groups in total. The highest BCUT2D eigenvalue weighted by Crippen LogP contribution is 2.54. The number of benzene rings is 8. The van der Waals surface area contributed by atoms with Crippen molar-refractivity contribution in [1.82, 2.24) is 9.55 Å². The average molecular weight is 713 g/mol. The maximum Gasteiger partial charge on any atom is 0.244 e. The highest BCUT2D eigenvalue weighted by Gasteiger charge is 2.35. The Morgan fingerprint density at radius 3 is 1.73 bits per heavy atom. The first kappa shape index (κ1) is 31.0. The van der Waals surface area contributed by atoms with E-state index in [0.717, 1.165) is 51.0 Å². The van der Waals surface area contributed by atoms with Crippen molar-refractivity contribution in [3.63, 3.8) is 0 Å². The molecule has 5 heteroatoms. The largest absolute Gasteiger partial charge is 0.309 e. The summed E-state index contributed by atoms with van der Waals surface area (Å²) >= 11 is 0. The van der Waals surface area contributed by atoms with Crippen LogP contribution in [0.25, 0.3) is 49.7 Å². The van der Waals surface area contributed by atoms with Crippen LogP contribution in [0.5, 0.6) is 0 Å². The zero-order valence-corrected chi connectivity index (χ0v) is 30.4. The van der Waals surface area contributed by atoms with Crippen LogP contribution in [0.3, 0.4) is 0 Å². The molecule has 8 aromatic carbocycles. The molecule has 4 heterocycles. The SMILES string of the molecule is c1ccc(N2c3ccccc3N(c3ccc4c5cc(B6c7ccccc7-c7nc8ccccc8cc76)ccc5n(-c5ccccc5)c4c3)c3ccccc32)cc1. The van der Waals surface area contributed by atoms with Gasteiger partial charge in [0.05, 0.1) is 45.0 Å². The molecule has 12 rings (SSSR count). The highest BCUT2D eigenvalue weighted by molar-refractivity contribution is 6.99. The lowest BCUT2D eigenvalue weighted by molar-refractivity contribution is 1.16. The quantitative estimate of drug-likeness (QED) is 0.170. The monoisotopic (exact) mass is 712 g/mol. The summed E-state index contributed by atoms with van der Waals surface area (Å²) in [5.41, 5.74) is 17.5. The summed E-state index contributed by atoms with van der Waals surface area (Å²) in [6.07, 6.45) is 0. The molecule has 0 spiro atoms. The molecular formula is C51H33BN4. The van der Waals surface area contributed by atoms with Crippen LogP contribution in [-0.2, 0) is 0 Å². The second kappa shape index (κ2) is 12.1. The molecule has 0 unspecified atom stereocenters. The summed E-state index contributed by atoms with van der Waals surface area (Å²) in [5, 5.41) is 3.63. The van der Waals surface area contributed by atoms with E-state index in [1.807, 2.05) is 0 Å². The van der Waals surface area contributed by atoms with Gasteiger partial charge in [0.1, 0.15) is 0 Å². The van der Waals surface area contributed by atoms with Gasteiger partial charge in [0.2, 0.25) is 6.71 Å². The molecule has 2 aliphatic rings. The first-order valence-electron chi connectivity index (χ1n) is 19.3. The van der Waals surface area contributed by atoms with E-state index in [1.54, 1.807) is 0 Å². The summed E-state index contributed by atoms with van der Waals surface area (Å²) < 4.78 is 2.43. The Kier molecular flexibility index (Phi) is 6.69. The lowest BCUT2D eigenvalue weighted by atomic mass is 9.39. The standard InChI is InChI=1S/C51H33BN4/c1-3-16-36(17-4-1)54-45-30-27-35(52-42-21-9-8-20-40(42)51-43(52)31-34-15-7-10-22-44(34)53-51)32-41(45)39-29-28-38(33-50(39)54)56-48-25-13-11-23-46(48)55(37-18-5-2-6-19-37)47-24-12-14-26-49(47)56/h1-33H. The third kappa shape index (κ3) is 4.52. The van der Waals surface area contributed by atoms with Gasteiger partial charge in [-0.25, -0.2) is 4.98 Å². The Balaban J connectivity index is 1.07. The second-order valence-electron chi connectivity index (χ2n) is 14.8. The Morgan fingerprint density at radius 1 is 0.393 bits per heavy atom. The number of hydrogen-bond acceptors (Lipinski definition) is 3. The van der Waals surface area contributed by atoms with Crippen molar-refractivity contribution in [3.05, 3.63) is 200 Å². The number of pyridine rings is 1. The van der Waals surface area contributed by atoms with Crippen LogP contribution in [0.2, 0.25) is 0 Å². The van der Waals surface area contributed by atoms with E-state index < -0.39 is 0 Å². The van der Waals surface area contributed by atoms with Gasteiger partial charge >= 0.3 is 0 Å². The molecule has 2 aromatic heterocycles. The predicted molar refractivity (Wildman–Crippen MR) is 236 cm³/mol. The Bertz CT molecular complexity index is 3120. The third-order valence-corrected chi connectivity index (χ3v) is 11.7. The van der Waals surface area contributed by atoms with E-state index in [9.17, 15) is 0 Å². The fourth-order valence-corrected chi connectivity index (χ4v) is 9.34. The number of aromatic nitrogens is 2. The Hall–Kier alpha value is -7.37. The summed E-state index contributed by atoms with van der Waals surface area (Å²) in [4.78, 5) is 10.0. The Labute approximate surface area is 325 Å². The van der Waals surface area contributed by atoms with Crippen molar-refractivity contribution < 1.29 is 0 Å². The number of para-hydroxylation sites is 7. The predicted octanol–water partition coefficient (Wildman–Crippen LogP) is 11.1. The molecule has 2 aliphatic heterocycles. The number of fused-ring (bicyclic) bond motifs is 9. The zero-order valence-electron chi connectivity index (χ0n) is 30.4. The van der Waals surface area contributed by atoms with E-state index in [1.165, 1.54) is 49.1 Å². The zero-order chi connectivity index (χ0) is 36.7.